The third kappa shape index (κ3) is 7.06. The Kier molecular flexibility index (Phi) is 8.60. The maximum atomic E-state index is 14.2. The molecule has 0 aliphatic heterocycles. The highest BCUT2D eigenvalue weighted by Gasteiger charge is 2.28. The van der Waals surface area contributed by atoms with Gasteiger partial charge >= 0.3 is 6.09 Å². The van der Waals surface area contributed by atoms with E-state index in [9.17, 15) is 19.1 Å². The molecule has 2 atom stereocenters. The molecular formula is C24H20BrFN2O6. The SMILES string of the molecule is O=C(/C=C/[C@H](Oc1ccccc1)[C@@H](OC(=O)Nc1ccc(Br)cc1)c1ccc(O)c(F)c1)NO. The second kappa shape index (κ2) is 11.8. The van der Waals surface area contributed by atoms with Gasteiger partial charge in [-0.15, -0.1) is 0 Å². The predicted octanol–water partition coefficient (Wildman–Crippen LogP) is 5.09. The molecule has 0 spiro atoms. The van der Waals surface area contributed by atoms with Crippen LogP contribution in [-0.2, 0) is 9.53 Å². The number of carbonyl (C=O) groups is 2. The van der Waals surface area contributed by atoms with E-state index in [0.717, 1.165) is 22.7 Å². The number of ether oxygens (including phenoxy) is 2. The van der Waals surface area contributed by atoms with Crippen LogP contribution in [0.25, 0.3) is 0 Å². The maximum absolute atomic E-state index is 14.2. The van der Waals surface area contributed by atoms with Gasteiger partial charge in [0.2, 0.25) is 0 Å². The molecular weight excluding hydrogens is 511 g/mol. The molecule has 3 aromatic rings. The maximum Gasteiger partial charge on any atom is 0.412 e. The fourth-order valence-corrected chi connectivity index (χ4v) is 3.16. The first kappa shape index (κ1) is 24.7. The largest absolute Gasteiger partial charge is 0.505 e. The van der Waals surface area contributed by atoms with Crippen LogP contribution in [0.4, 0.5) is 14.9 Å². The normalized spacial score (nSPS) is 12.6. The number of phenolic OH excluding ortho intramolecular Hbond substituents is 1. The van der Waals surface area contributed by atoms with E-state index in [0.29, 0.717) is 11.4 Å². The number of halogens is 2. The number of hydrogen-bond donors (Lipinski definition) is 4. The number of benzene rings is 3. The number of phenols is 1. The van der Waals surface area contributed by atoms with Gasteiger partial charge in [-0.05, 0) is 60.2 Å². The quantitative estimate of drug-likeness (QED) is 0.183. The Hall–Kier alpha value is -3.89. The van der Waals surface area contributed by atoms with Crippen molar-refractivity contribution >= 4 is 33.6 Å². The Morgan fingerprint density at radius 1 is 1.03 bits per heavy atom. The summed E-state index contributed by atoms with van der Waals surface area (Å²) in [6.45, 7) is 0. The molecule has 3 rings (SSSR count). The van der Waals surface area contributed by atoms with E-state index in [4.69, 9.17) is 14.7 Å². The number of aromatic hydroxyl groups is 1. The second-order valence-corrected chi connectivity index (χ2v) is 7.82. The summed E-state index contributed by atoms with van der Waals surface area (Å²) in [7, 11) is 0. The zero-order valence-corrected chi connectivity index (χ0v) is 19.1. The van der Waals surface area contributed by atoms with Gasteiger partial charge in [0.15, 0.2) is 23.8 Å². The van der Waals surface area contributed by atoms with Gasteiger partial charge in [0.25, 0.3) is 5.91 Å². The molecule has 0 saturated heterocycles. The molecule has 0 heterocycles. The van der Waals surface area contributed by atoms with Crippen LogP contribution in [0.15, 0.2) is 89.4 Å². The van der Waals surface area contributed by atoms with Crippen LogP contribution in [0.1, 0.15) is 11.7 Å². The zero-order valence-electron chi connectivity index (χ0n) is 17.5. The first-order valence-corrected chi connectivity index (χ1v) is 10.7. The van der Waals surface area contributed by atoms with Crippen LogP contribution < -0.4 is 15.5 Å². The van der Waals surface area contributed by atoms with Crippen LogP contribution >= 0.6 is 15.9 Å². The van der Waals surface area contributed by atoms with Crippen molar-refractivity contribution in [3.63, 3.8) is 0 Å². The summed E-state index contributed by atoms with van der Waals surface area (Å²) in [4.78, 5) is 24.3. The number of para-hydroxylation sites is 1. The molecule has 2 amide bonds. The molecule has 0 aliphatic carbocycles. The lowest BCUT2D eigenvalue weighted by atomic mass is 10.0. The van der Waals surface area contributed by atoms with Gasteiger partial charge in [-0.2, -0.15) is 0 Å². The molecule has 0 saturated carbocycles. The minimum Gasteiger partial charge on any atom is -0.505 e. The van der Waals surface area contributed by atoms with Gasteiger partial charge in [-0.3, -0.25) is 15.3 Å². The molecule has 10 heteroatoms. The summed E-state index contributed by atoms with van der Waals surface area (Å²) in [5, 5.41) is 21.0. The molecule has 3 aromatic carbocycles. The highest BCUT2D eigenvalue weighted by Crippen LogP contribution is 2.30. The Morgan fingerprint density at radius 3 is 2.38 bits per heavy atom. The summed E-state index contributed by atoms with van der Waals surface area (Å²) in [5.41, 5.74) is 2.05. The summed E-state index contributed by atoms with van der Waals surface area (Å²) < 4.78 is 26.5. The molecule has 0 aromatic heterocycles. The van der Waals surface area contributed by atoms with Crippen molar-refractivity contribution in [3.05, 3.63) is 101 Å². The highest BCUT2D eigenvalue weighted by molar-refractivity contribution is 9.10. The van der Waals surface area contributed by atoms with Crippen molar-refractivity contribution in [2.75, 3.05) is 5.32 Å². The van der Waals surface area contributed by atoms with Gasteiger partial charge in [-0.25, -0.2) is 14.7 Å². The molecule has 4 N–H and O–H groups in total. The highest BCUT2D eigenvalue weighted by atomic mass is 79.9. The Morgan fingerprint density at radius 2 is 1.74 bits per heavy atom. The second-order valence-electron chi connectivity index (χ2n) is 6.90. The van der Waals surface area contributed by atoms with Crippen LogP contribution in [-0.4, -0.2) is 28.4 Å². The number of rotatable bonds is 8. The molecule has 34 heavy (non-hydrogen) atoms. The first-order chi connectivity index (χ1) is 16.4. The van der Waals surface area contributed by atoms with Gasteiger partial charge in [0.05, 0.1) is 0 Å². The number of nitrogens with one attached hydrogen (secondary N) is 2. The third-order valence-electron chi connectivity index (χ3n) is 4.49. The average Bonchev–Trinajstić information content (AvgIpc) is 2.84. The van der Waals surface area contributed by atoms with Gasteiger partial charge in [0.1, 0.15) is 5.75 Å². The fraction of sp³-hybridized carbons (Fsp3) is 0.0833. The fourth-order valence-electron chi connectivity index (χ4n) is 2.90. The lowest BCUT2D eigenvalue weighted by Gasteiger charge is -2.26. The van der Waals surface area contributed by atoms with E-state index in [1.54, 1.807) is 54.6 Å². The summed E-state index contributed by atoms with van der Waals surface area (Å²) >= 11 is 3.31. The van der Waals surface area contributed by atoms with E-state index in [-0.39, 0.29) is 5.56 Å². The van der Waals surface area contributed by atoms with Crippen LogP contribution in [0.3, 0.4) is 0 Å². The zero-order chi connectivity index (χ0) is 24.5. The Bertz CT molecular complexity index is 1160. The van der Waals surface area contributed by atoms with E-state index in [1.807, 2.05) is 0 Å². The molecule has 176 valence electrons. The number of carbonyl (C=O) groups excluding carboxylic acids is 2. The number of anilines is 1. The van der Waals surface area contributed by atoms with Gasteiger partial charge in [-0.1, -0.05) is 40.2 Å². The smallest absolute Gasteiger partial charge is 0.412 e. The summed E-state index contributed by atoms with van der Waals surface area (Å²) in [6.07, 6.45) is -1.02. The summed E-state index contributed by atoms with van der Waals surface area (Å²) in [5.74, 6) is -1.99. The molecule has 0 bridgehead atoms. The van der Waals surface area contributed by atoms with Crippen molar-refractivity contribution in [1.29, 1.82) is 0 Å². The minimum absolute atomic E-state index is 0.149. The molecule has 0 fully saturated rings. The minimum atomic E-state index is -1.26. The van der Waals surface area contributed by atoms with E-state index in [1.165, 1.54) is 17.6 Å². The van der Waals surface area contributed by atoms with Crippen molar-refractivity contribution in [3.8, 4) is 11.5 Å². The number of hydrogen-bond acceptors (Lipinski definition) is 6. The van der Waals surface area contributed by atoms with Crippen LogP contribution in [0, 0.1) is 5.82 Å². The standard InChI is InChI=1S/C24H20BrFN2O6/c25-16-7-9-17(10-8-16)27-24(31)34-23(15-6-11-20(29)19(26)14-15)21(12-13-22(30)28-32)33-18-4-2-1-3-5-18/h1-14,21,23,29,32H,(H,27,31)(H,28,30)/b13-12+/t21-,23-/m0/s1. The third-order valence-corrected chi connectivity index (χ3v) is 5.01. The van der Waals surface area contributed by atoms with Crippen molar-refractivity contribution in [1.82, 2.24) is 5.48 Å². The molecule has 0 radical (unpaired) electrons. The molecule has 0 aliphatic rings. The molecule has 8 nitrogen and oxygen atoms in total. The average molecular weight is 531 g/mol. The van der Waals surface area contributed by atoms with Gasteiger partial charge in [0, 0.05) is 16.2 Å². The van der Waals surface area contributed by atoms with Gasteiger partial charge < -0.3 is 14.6 Å². The monoisotopic (exact) mass is 530 g/mol. The first-order valence-electron chi connectivity index (χ1n) is 9.91. The Labute approximate surface area is 202 Å². The Balaban J connectivity index is 1.95. The lowest BCUT2D eigenvalue weighted by Crippen LogP contribution is -2.30. The predicted molar refractivity (Wildman–Crippen MR) is 125 cm³/mol. The van der Waals surface area contributed by atoms with E-state index < -0.39 is 35.8 Å². The van der Waals surface area contributed by atoms with E-state index in [2.05, 4.69) is 21.2 Å². The van der Waals surface area contributed by atoms with E-state index >= 15 is 0 Å². The topological polar surface area (TPSA) is 117 Å². The summed E-state index contributed by atoms with van der Waals surface area (Å²) in [6, 6.07) is 18.7. The van der Waals surface area contributed by atoms with Crippen LogP contribution in [0.2, 0.25) is 0 Å². The molecule has 0 unspecified atom stereocenters. The number of hydroxylamine groups is 1. The lowest BCUT2D eigenvalue weighted by molar-refractivity contribution is -0.124. The van der Waals surface area contributed by atoms with Crippen molar-refractivity contribution in [2.45, 2.75) is 12.2 Å². The van der Waals surface area contributed by atoms with Crippen molar-refractivity contribution < 1.29 is 33.8 Å². The van der Waals surface area contributed by atoms with Crippen molar-refractivity contribution in [2.24, 2.45) is 0 Å². The van der Waals surface area contributed by atoms with Crippen LogP contribution in [0.5, 0.6) is 11.5 Å². The number of amides is 2.